The highest BCUT2D eigenvalue weighted by molar-refractivity contribution is 7.99. The second-order valence-corrected chi connectivity index (χ2v) is 9.16. The first kappa shape index (κ1) is 22.4. The van der Waals surface area contributed by atoms with E-state index >= 15 is 0 Å². The van der Waals surface area contributed by atoms with Crippen molar-refractivity contribution in [1.82, 2.24) is 14.9 Å². The molecule has 164 valence electrons. The molecule has 0 aliphatic heterocycles. The van der Waals surface area contributed by atoms with Crippen molar-refractivity contribution in [2.45, 2.75) is 49.8 Å². The van der Waals surface area contributed by atoms with Crippen LogP contribution in [0.4, 0.5) is 0 Å². The van der Waals surface area contributed by atoms with Crippen LogP contribution in [-0.4, -0.2) is 21.2 Å². The largest absolute Gasteiger partial charge is 0.348 e. The summed E-state index contributed by atoms with van der Waals surface area (Å²) in [5.41, 5.74) is 1.60. The van der Waals surface area contributed by atoms with Crippen molar-refractivity contribution in [1.29, 1.82) is 5.26 Å². The summed E-state index contributed by atoms with van der Waals surface area (Å²) in [7, 11) is 0. The van der Waals surface area contributed by atoms with Gasteiger partial charge in [0.25, 0.3) is 11.5 Å². The molecule has 0 atom stereocenters. The Hall–Kier alpha value is -2.82. The van der Waals surface area contributed by atoms with Crippen molar-refractivity contribution >= 4 is 40.2 Å². The lowest BCUT2D eigenvalue weighted by molar-refractivity contribution is 0.0951. The lowest BCUT2D eigenvalue weighted by atomic mass is 9.95. The van der Waals surface area contributed by atoms with Gasteiger partial charge in [0, 0.05) is 23.2 Å². The Morgan fingerprint density at radius 1 is 1.22 bits per heavy atom. The van der Waals surface area contributed by atoms with E-state index in [-0.39, 0.29) is 23.3 Å². The molecule has 6 nitrogen and oxygen atoms in total. The summed E-state index contributed by atoms with van der Waals surface area (Å²) >= 11 is 7.43. The summed E-state index contributed by atoms with van der Waals surface area (Å²) in [6.07, 6.45) is 5.23. The number of hydrogen-bond acceptors (Lipinski definition) is 5. The maximum absolute atomic E-state index is 13.4. The number of rotatable bonds is 6. The number of amides is 1. The first-order valence-electron chi connectivity index (χ1n) is 10.7. The Bertz CT molecular complexity index is 1240. The van der Waals surface area contributed by atoms with Gasteiger partial charge in [-0.15, -0.1) is 0 Å². The number of carbonyl (C=O) groups excluding carboxylic acids is 1. The van der Waals surface area contributed by atoms with Gasteiger partial charge >= 0.3 is 0 Å². The predicted molar refractivity (Wildman–Crippen MR) is 127 cm³/mol. The van der Waals surface area contributed by atoms with E-state index in [1.807, 2.05) is 18.2 Å². The summed E-state index contributed by atoms with van der Waals surface area (Å²) < 4.78 is 1.76. The molecule has 0 saturated heterocycles. The third kappa shape index (κ3) is 4.82. The van der Waals surface area contributed by atoms with E-state index in [0.29, 0.717) is 33.2 Å². The maximum Gasteiger partial charge on any atom is 0.262 e. The summed E-state index contributed by atoms with van der Waals surface area (Å²) in [6, 6.07) is 14.5. The molecule has 3 aromatic rings. The second kappa shape index (κ2) is 10.2. The highest BCUT2D eigenvalue weighted by Crippen LogP contribution is 2.31. The fraction of sp³-hybridized carbons (Fsp3) is 0.333. The predicted octanol–water partition coefficient (Wildman–Crippen LogP) is 5.10. The van der Waals surface area contributed by atoms with Crippen molar-refractivity contribution < 1.29 is 4.79 Å². The first-order valence-corrected chi connectivity index (χ1v) is 12.0. The summed E-state index contributed by atoms with van der Waals surface area (Å²) in [5.74, 6) is -0.0563. The number of carbonyl (C=O) groups is 1. The zero-order valence-electron chi connectivity index (χ0n) is 17.5. The van der Waals surface area contributed by atoms with Crippen molar-refractivity contribution in [2.24, 2.45) is 0 Å². The SMILES string of the molecule is N#CCSc1nc2cc(C(=O)NCc3ccccc3Cl)ccc2c(=O)n1C1CCCCC1. The molecule has 0 bridgehead atoms. The number of benzene rings is 2. The van der Waals surface area contributed by atoms with Gasteiger partial charge < -0.3 is 5.32 Å². The lowest BCUT2D eigenvalue weighted by Crippen LogP contribution is -2.29. The van der Waals surface area contributed by atoms with Crippen LogP contribution in [0.15, 0.2) is 52.4 Å². The highest BCUT2D eigenvalue weighted by Gasteiger charge is 2.22. The van der Waals surface area contributed by atoms with Crippen molar-refractivity contribution in [3.8, 4) is 6.07 Å². The minimum atomic E-state index is -0.267. The van der Waals surface area contributed by atoms with Gasteiger partial charge in [0.1, 0.15) is 0 Å². The van der Waals surface area contributed by atoms with Gasteiger partial charge in [-0.25, -0.2) is 4.98 Å². The van der Waals surface area contributed by atoms with Crippen molar-refractivity contribution in [2.75, 3.05) is 5.75 Å². The van der Waals surface area contributed by atoms with Gasteiger partial charge in [-0.2, -0.15) is 5.26 Å². The summed E-state index contributed by atoms with van der Waals surface area (Å²) in [5, 5.41) is 13.5. The Morgan fingerprint density at radius 2 is 2.00 bits per heavy atom. The van der Waals surface area contributed by atoms with Crippen LogP contribution in [0.2, 0.25) is 5.02 Å². The van der Waals surface area contributed by atoms with Crippen LogP contribution in [0.3, 0.4) is 0 Å². The normalized spacial score (nSPS) is 14.2. The second-order valence-electron chi connectivity index (χ2n) is 7.81. The third-order valence-electron chi connectivity index (χ3n) is 5.73. The standard InChI is InChI=1S/C24H23ClN4O2S/c25-20-9-5-4-6-17(20)15-27-22(30)16-10-11-19-21(14-16)28-24(32-13-12-26)29(23(19)31)18-7-2-1-3-8-18/h4-6,9-11,14,18H,1-3,7-8,13,15H2,(H,27,30). The molecular formula is C24H23ClN4O2S. The van der Waals surface area contributed by atoms with Crippen LogP contribution in [0.1, 0.15) is 54.1 Å². The van der Waals surface area contributed by atoms with Crippen LogP contribution in [0, 0.1) is 11.3 Å². The fourth-order valence-electron chi connectivity index (χ4n) is 4.10. The molecule has 32 heavy (non-hydrogen) atoms. The third-order valence-corrected chi connectivity index (χ3v) is 6.92. The van der Waals surface area contributed by atoms with E-state index in [9.17, 15) is 9.59 Å². The topological polar surface area (TPSA) is 87.8 Å². The van der Waals surface area contributed by atoms with Crippen LogP contribution in [0.5, 0.6) is 0 Å². The quantitative estimate of drug-likeness (QED) is 0.403. The first-order chi connectivity index (χ1) is 15.6. The van der Waals surface area contributed by atoms with Gasteiger partial charge in [0.05, 0.1) is 22.7 Å². The van der Waals surface area contributed by atoms with E-state index < -0.39 is 0 Å². The molecule has 1 aliphatic rings. The zero-order valence-corrected chi connectivity index (χ0v) is 19.1. The molecule has 1 aliphatic carbocycles. The molecule has 1 N–H and O–H groups in total. The molecule has 4 rings (SSSR count). The van der Waals surface area contributed by atoms with E-state index in [4.69, 9.17) is 21.8 Å². The van der Waals surface area contributed by atoms with Crippen LogP contribution in [0.25, 0.3) is 10.9 Å². The number of nitrogens with zero attached hydrogens (tertiary/aromatic N) is 3. The van der Waals surface area contributed by atoms with Crippen LogP contribution >= 0.6 is 23.4 Å². The monoisotopic (exact) mass is 466 g/mol. The number of aromatic nitrogens is 2. The Morgan fingerprint density at radius 3 is 2.75 bits per heavy atom. The Balaban J connectivity index is 1.65. The van der Waals surface area contributed by atoms with Gasteiger partial charge in [-0.1, -0.05) is 60.8 Å². The van der Waals surface area contributed by atoms with E-state index in [1.54, 1.807) is 28.8 Å². The molecule has 1 amide bonds. The van der Waals surface area contributed by atoms with Crippen LogP contribution < -0.4 is 10.9 Å². The van der Waals surface area contributed by atoms with Gasteiger partial charge in [-0.3, -0.25) is 14.2 Å². The molecule has 1 aromatic heterocycles. The average molecular weight is 467 g/mol. The molecule has 0 spiro atoms. The minimum absolute atomic E-state index is 0.105. The van der Waals surface area contributed by atoms with E-state index in [2.05, 4.69) is 11.4 Å². The number of nitrogens with one attached hydrogen (secondary N) is 1. The molecule has 0 radical (unpaired) electrons. The van der Waals surface area contributed by atoms with E-state index in [1.165, 1.54) is 18.2 Å². The van der Waals surface area contributed by atoms with Crippen molar-refractivity contribution in [3.63, 3.8) is 0 Å². The van der Waals surface area contributed by atoms with Crippen molar-refractivity contribution in [3.05, 3.63) is 69.0 Å². The van der Waals surface area contributed by atoms with Gasteiger partial charge in [-0.05, 0) is 42.7 Å². The fourth-order valence-corrected chi connectivity index (χ4v) is 5.03. The molecule has 1 fully saturated rings. The van der Waals surface area contributed by atoms with Gasteiger partial charge in [0.15, 0.2) is 5.16 Å². The molecule has 0 unspecified atom stereocenters. The zero-order chi connectivity index (χ0) is 22.5. The molecule has 1 saturated carbocycles. The number of hydrogen-bond donors (Lipinski definition) is 1. The van der Waals surface area contributed by atoms with Gasteiger partial charge in [0.2, 0.25) is 0 Å². The Kier molecular flexibility index (Phi) is 7.13. The average Bonchev–Trinajstić information content (AvgIpc) is 2.82. The lowest BCUT2D eigenvalue weighted by Gasteiger charge is -2.26. The maximum atomic E-state index is 13.4. The molecule has 8 heteroatoms. The highest BCUT2D eigenvalue weighted by atomic mass is 35.5. The van der Waals surface area contributed by atoms with Crippen LogP contribution in [-0.2, 0) is 6.54 Å². The van der Waals surface area contributed by atoms with E-state index in [0.717, 1.165) is 31.2 Å². The summed E-state index contributed by atoms with van der Waals surface area (Å²) in [4.78, 5) is 30.8. The smallest absolute Gasteiger partial charge is 0.262 e. The molecule has 2 aromatic carbocycles. The number of fused-ring (bicyclic) bond motifs is 1. The number of thioether (sulfide) groups is 1. The molecule has 1 heterocycles. The number of nitriles is 1. The minimum Gasteiger partial charge on any atom is -0.348 e. The number of halogens is 1. The Labute approximate surface area is 195 Å². The summed E-state index contributed by atoms with van der Waals surface area (Å²) in [6.45, 7) is 0.302. The molecular weight excluding hydrogens is 444 g/mol.